The summed E-state index contributed by atoms with van der Waals surface area (Å²) in [6.07, 6.45) is 0. The zero-order chi connectivity index (χ0) is 16.4. The number of hydrogen-bond donors (Lipinski definition) is 1. The molecule has 3 amide bonds. The Morgan fingerprint density at radius 1 is 1.22 bits per heavy atom. The minimum Gasteiger partial charge on any atom is -0.321 e. The van der Waals surface area contributed by atoms with Gasteiger partial charge >= 0.3 is 0 Å². The van der Waals surface area contributed by atoms with E-state index in [0.29, 0.717) is 10.6 Å². The second-order valence-electron chi connectivity index (χ2n) is 4.78. The molecule has 0 atom stereocenters. The first-order valence-corrected chi connectivity index (χ1v) is 9.31. The predicted octanol–water partition coefficient (Wildman–Crippen LogP) is 3.96. The second kappa shape index (κ2) is 6.86. The smallest absolute Gasteiger partial charge is 0.289 e. The average Bonchev–Trinajstić information content (AvgIpc) is 3.09. The number of thioether (sulfide) groups is 1. The Balaban J connectivity index is 1.65. The van der Waals surface area contributed by atoms with Gasteiger partial charge in [-0.2, -0.15) is 0 Å². The molecule has 0 radical (unpaired) electrons. The molecule has 3 rings (SSSR count). The van der Waals surface area contributed by atoms with Crippen LogP contribution in [-0.2, 0) is 11.3 Å². The first-order chi connectivity index (χ1) is 11.0. The minimum absolute atomic E-state index is 0.167. The molecule has 23 heavy (non-hydrogen) atoms. The predicted molar refractivity (Wildman–Crippen MR) is 94.8 cm³/mol. The first-order valence-electron chi connectivity index (χ1n) is 6.65. The van der Waals surface area contributed by atoms with E-state index in [1.165, 1.54) is 16.2 Å². The van der Waals surface area contributed by atoms with Crippen LogP contribution in [0.4, 0.5) is 10.5 Å². The second-order valence-corrected chi connectivity index (χ2v) is 7.48. The highest BCUT2D eigenvalue weighted by molar-refractivity contribution is 9.10. The van der Waals surface area contributed by atoms with Crippen LogP contribution in [0.1, 0.15) is 15.2 Å². The molecule has 118 valence electrons. The van der Waals surface area contributed by atoms with Crippen molar-refractivity contribution in [3.8, 4) is 0 Å². The number of amides is 3. The number of anilines is 1. The van der Waals surface area contributed by atoms with Gasteiger partial charge in [-0.1, -0.05) is 23.9 Å². The molecule has 5 nitrogen and oxygen atoms in total. The molecule has 1 saturated heterocycles. The number of thiophene rings is 1. The maximum atomic E-state index is 12.1. The lowest BCUT2D eigenvalue weighted by Crippen LogP contribution is -2.27. The molecule has 2 aromatic rings. The highest BCUT2D eigenvalue weighted by Crippen LogP contribution is 2.24. The zero-order valence-electron chi connectivity index (χ0n) is 11.7. The Labute approximate surface area is 149 Å². The van der Waals surface area contributed by atoms with E-state index in [4.69, 9.17) is 0 Å². The number of carbonyl (C=O) groups excluding carboxylic acids is 3. The maximum absolute atomic E-state index is 12.1. The molecule has 0 bridgehead atoms. The SMILES string of the molecule is O=C(Nc1ccc(CN2C(=O)CSC2=O)cc1)c1sccc1Br. The van der Waals surface area contributed by atoms with E-state index in [-0.39, 0.29) is 29.4 Å². The molecule has 8 heteroatoms. The molecular formula is C15H11BrN2O3S2. The topological polar surface area (TPSA) is 66.5 Å². The molecule has 0 aliphatic carbocycles. The van der Waals surface area contributed by atoms with Gasteiger partial charge < -0.3 is 5.32 Å². The van der Waals surface area contributed by atoms with Crippen molar-refractivity contribution in [3.05, 3.63) is 50.6 Å². The fourth-order valence-corrected chi connectivity index (χ4v) is 4.22. The van der Waals surface area contributed by atoms with Crippen LogP contribution in [0.3, 0.4) is 0 Å². The van der Waals surface area contributed by atoms with Crippen molar-refractivity contribution in [2.75, 3.05) is 11.1 Å². The molecule has 0 unspecified atom stereocenters. The third-order valence-electron chi connectivity index (χ3n) is 3.22. The third kappa shape index (κ3) is 3.65. The van der Waals surface area contributed by atoms with Crippen molar-refractivity contribution < 1.29 is 14.4 Å². The number of rotatable bonds is 4. The van der Waals surface area contributed by atoms with Crippen LogP contribution in [-0.4, -0.2) is 27.7 Å². The number of nitrogens with one attached hydrogen (secondary N) is 1. The molecule has 1 aromatic heterocycles. The van der Waals surface area contributed by atoms with Gasteiger partial charge in [0.15, 0.2) is 0 Å². The van der Waals surface area contributed by atoms with Gasteiger partial charge in [0.2, 0.25) is 5.91 Å². The summed E-state index contributed by atoms with van der Waals surface area (Å²) in [5.41, 5.74) is 1.50. The zero-order valence-corrected chi connectivity index (χ0v) is 15.0. The number of imide groups is 1. The normalized spacial score (nSPS) is 14.4. The highest BCUT2D eigenvalue weighted by atomic mass is 79.9. The third-order valence-corrected chi connectivity index (χ3v) is 5.91. The Kier molecular flexibility index (Phi) is 4.84. The summed E-state index contributed by atoms with van der Waals surface area (Å²) in [6.45, 7) is 0.259. The van der Waals surface area contributed by atoms with E-state index >= 15 is 0 Å². The molecule has 2 heterocycles. The average molecular weight is 411 g/mol. The van der Waals surface area contributed by atoms with Crippen LogP contribution in [0.5, 0.6) is 0 Å². The van der Waals surface area contributed by atoms with Gasteiger partial charge in [-0.3, -0.25) is 19.3 Å². The summed E-state index contributed by atoms with van der Waals surface area (Å²) >= 11 is 5.71. The van der Waals surface area contributed by atoms with Gasteiger partial charge in [0.05, 0.1) is 12.3 Å². The van der Waals surface area contributed by atoms with Crippen LogP contribution in [0, 0.1) is 0 Å². The van der Waals surface area contributed by atoms with Crippen LogP contribution in [0.2, 0.25) is 0 Å². The fourth-order valence-electron chi connectivity index (χ4n) is 2.05. The van der Waals surface area contributed by atoms with E-state index in [1.807, 2.05) is 11.4 Å². The lowest BCUT2D eigenvalue weighted by atomic mass is 10.2. The van der Waals surface area contributed by atoms with E-state index < -0.39 is 0 Å². The molecule has 1 fully saturated rings. The molecule has 1 aliphatic heterocycles. The largest absolute Gasteiger partial charge is 0.321 e. The van der Waals surface area contributed by atoms with Crippen LogP contribution >= 0.6 is 39.0 Å². The standard InChI is InChI=1S/C15H11BrN2O3S2/c16-11-5-6-22-13(11)14(20)17-10-3-1-9(2-4-10)7-18-12(19)8-23-15(18)21/h1-6H,7-8H2,(H,17,20). The van der Waals surface area contributed by atoms with Crippen LogP contribution in [0.15, 0.2) is 40.2 Å². The van der Waals surface area contributed by atoms with Crippen molar-refractivity contribution in [2.45, 2.75) is 6.54 Å². The Morgan fingerprint density at radius 3 is 2.52 bits per heavy atom. The van der Waals surface area contributed by atoms with Gasteiger partial charge in [0, 0.05) is 10.2 Å². The summed E-state index contributed by atoms with van der Waals surface area (Å²) in [5, 5.41) is 4.44. The van der Waals surface area contributed by atoms with Gasteiger partial charge in [0.25, 0.3) is 11.1 Å². The highest BCUT2D eigenvalue weighted by Gasteiger charge is 2.29. The van der Waals surface area contributed by atoms with Crippen molar-refractivity contribution >= 4 is 61.8 Å². The lowest BCUT2D eigenvalue weighted by molar-refractivity contribution is -0.125. The molecule has 0 saturated carbocycles. The summed E-state index contributed by atoms with van der Waals surface area (Å²) in [7, 11) is 0. The molecule has 1 aromatic carbocycles. The number of hydrogen-bond acceptors (Lipinski definition) is 5. The Morgan fingerprint density at radius 2 is 1.96 bits per heavy atom. The van der Waals surface area contributed by atoms with Crippen molar-refractivity contribution in [3.63, 3.8) is 0 Å². The fraction of sp³-hybridized carbons (Fsp3) is 0.133. The van der Waals surface area contributed by atoms with Gasteiger partial charge in [-0.15, -0.1) is 11.3 Å². The summed E-state index contributed by atoms with van der Waals surface area (Å²) in [5.74, 6) is -0.135. The van der Waals surface area contributed by atoms with E-state index in [0.717, 1.165) is 21.8 Å². The maximum Gasteiger partial charge on any atom is 0.289 e. The van der Waals surface area contributed by atoms with Crippen LogP contribution < -0.4 is 5.32 Å². The number of nitrogens with zero attached hydrogens (tertiary/aromatic N) is 1. The molecule has 1 aliphatic rings. The summed E-state index contributed by atoms with van der Waals surface area (Å²) in [6, 6.07) is 8.93. The van der Waals surface area contributed by atoms with Gasteiger partial charge in [-0.25, -0.2) is 0 Å². The van der Waals surface area contributed by atoms with Crippen LogP contribution in [0.25, 0.3) is 0 Å². The number of carbonyl (C=O) groups is 3. The minimum atomic E-state index is -0.213. The Bertz CT molecular complexity index is 757. The Hall–Kier alpha value is -1.64. The number of halogens is 1. The summed E-state index contributed by atoms with van der Waals surface area (Å²) in [4.78, 5) is 37.1. The summed E-state index contributed by atoms with van der Waals surface area (Å²) < 4.78 is 0.764. The van der Waals surface area contributed by atoms with Gasteiger partial charge in [-0.05, 0) is 45.1 Å². The molecular weight excluding hydrogens is 400 g/mol. The first kappa shape index (κ1) is 16.2. The van der Waals surface area contributed by atoms with Gasteiger partial charge in [0.1, 0.15) is 4.88 Å². The lowest BCUT2D eigenvalue weighted by Gasteiger charge is -2.13. The van der Waals surface area contributed by atoms with Crippen molar-refractivity contribution in [1.29, 1.82) is 0 Å². The quantitative estimate of drug-likeness (QED) is 0.827. The van der Waals surface area contributed by atoms with E-state index in [1.54, 1.807) is 24.3 Å². The van der Waals surface area contributed by atoms with E-state index in [2.05, 4.69) is 21.2 Å². The number of benzene rings is 1. The monoisotopic (exact) mass is 410 g/mol. The van der Waals surface area contributed by atoms with E-state index in [9.17, 15) is 14.4 Å². The van der Waals surface area contributed by atoms with Crippen molar-refractivity contribution in [2.24, 2.45) is 0 Å². The molecule has 1 N–H and O–H groups in total. The van der Waals surface area contributed by atoms with Crippen molar-refractivity contribution in [1.82, 2.24) is 4.90 Å². The molecule has 0 spiro atoms.